The van der Waals surface area contributed by atoms with Crippen LogP contribution < -0.4 is 10.2 Å². The first-order valence-corrected chi connectivity index (χ1v) is 7.41. The van der Waals surface area contributed by atoms with Crippen molar-refractivity contribution in [2.75, 3.05) is 18.0 Å². The molecule has 20 heavy (non-hydrogen) atoms. The Morgan fingerprint density at radius 1 is 1.15 bits per heavy atom. The fourth-order valence-corrected chi connectivity index (χ4v) is 3.05. The molecule has 0 aliphatic carbocycles. The number of hydrogen-bond acceptors (Lipinski definition) is 2. The van der Waals surface area contributed by atoms with Gasteiger partial charge in [0.05, 0.1) is 0 Å². The molecule has 0 unspecified atom stereocenters. The number of nitrogens with one attached hydrogen (secondary N) is 1. The molecule has 2 aromatic rings. The predicted octanol–water partition coefficient (Wildman–Crippen LogP) is 3.76. The van der Waals surface area contributed by atoms with Crippen LogP contribution in [0.15, 0.2) is 42.5 Å². The van der Waals surface area contributed by atoms with Crippen LogP contribution >= 0.6 is 11.6 Å². The van der Waals surface area contributed by atoms with Gasteiger partial charge in [0.15, 0.2) is 0 Å². The van der Waals surface area contributed by atoms with Crippen LogP contribution in [0.4, 0.5) is 5.69 Å². The van der Waals surface area contributed by atoms with E-state index in [-0.39, 0.29) is 0 Å². The summed E-state index contributed by atoms with van der Waals surface area (Å²) in [4.78, 5) is 2.44. The fourth-order valence-electron chi connectivity index (χ4n) is 2.85. The first-order chi connectivity index (χ1) is 9.75. The Labute approximate surface area is 125 Å². The number of hydrogen-bond donors (Lipinski definition) is 1. The zero-order valence-electron chi connectivity index (χ0n) is 11.7. The summed E-state index contributed by atoms with van der Waals surface area (Å²) in [5.74, 6) is 0. The molecule has 0 spiro atoms. The first kappa shape index (κ1) is 13.5. The normalized spacial score (nSPS) is 14.8. The monoisotopic (exact) mass is 286 g/mol. The van der Waals surface area contributed by atoms with Crippen LogP contribution in [-0.4, -0.2) is 13.1 Å². The van der Waals surface area contributed by atoms with E-state index < -0.39 is 0 Å². The van der Waals surface area contributed by atoms with Gasteiger partial charge < -0.3 is 10.2 Å². The lowest BCUT2D eigenvalue weighted by molar-refractivity contribution is 0.688. The Hall–Kier alpha value is -1.51. The maximum Gasteiger partial charge on any atom is 0.0455 e. The van der Waals surface area contributed by atoms with E-state index in [1.165, 1.54) is 22.4 Å². The second kappa shape index (κ2) is 5.86. The molecular formula is C17H19ClN2. The molecule has 1 N–H and O–H groups in total. The Morgan fingerprint density at radius 3 is 2.85 bits per heavy atom. The van der Waals surface area contributed by atoms with Crippen LogP contribution in [-0.2, 0) is 13.1 Å². The average molecular weight is 287 g/mol. The maximum absolute atomic E-state index is 6.31. The maximum atomic E-state index is 6.31. The van der Waals surface area contributed by atoms with Gasteiger partial charge in [-0.2, -0.15) is 0 Å². The van der Waals surface area contributed by atoms with E-state index in [1.54, 1.807) is 0 Å². The van der Waals surface area contributed by atoms with Crippen molar-refractivity contribution in [1.82, 2.24) is 5.32 Å². The highest BCUT2D eigenvalue weighted by Gasteiger charge is 2.17. The quantitative estimate of drug-likeness (QED) is 0.904. The first-order valence-electron chi connectivity index (χ1n) is 7.03. The van der Waals surface area contributed by atoms with Crippen molar-refractivity contribution in [2.24, 2.45) is 0 Å². The van der Waals surface area contributed by atoms with Crippen molar-refractivity contribution in [3.05, 3.63) is 64.2 Å². The lowest BCUT2D eigenvalue weighted by Gasteiger charge is -2.27. The minimum Gasteiger partial charge on any atom is -0.365 e. The molecule has 3 rings (SSSR count). The summed E-state index contributed by atoms with van der Waals surface area (Å²) in [6, 6.07) is 14.6. The van der Waals surface area contributed by atoms with Gasteiger partial charge in [0, 0.05) is 36.9 Å². The molecule has 2 nitrogen and oxygen atoms in total. The molecule has 3 heteroatoms. The summed E-state index contributed by atoms with van der Waals surface area (Å²) >= 11 is 6.31. The van der Waals surface area contributed by atoms with E-state index in [0.29, 0.717) is 0 Å². The van der Waals surface area contributed by atoms with Crippen LogP contribution in [0.3, 0.4) is 0 Å². The van der Waals surface area contributed by atoms with Gasteiger partial charge in [0.1, 0.15) is 0 Å². The van der Waals surface area contributed by atoms with Crippen molar-refractivity contribution < 1.29 is 0 Å². The van der Waals surface area contributed by atoms with Crippen LogP contribution in [0, 0.1) is 6.92 Å². The molecule has 0 amide bonds. The lowest BCUT2D eigenvalue weighted by atomic mass is 10.1. The van der Waals surface area contributed by atoms with Gasteiger partial charge in [-0.1, -0.05) is 48.0 Å². The third-order valence-corrected chi connectivity index (χ3v) is 4.20. The SMILES string of the molecule is Cc1cccc2c1N(Cc1ccccc1Cl)CCNC2. The number of nitrogens with zero attached hydrogens (tertiary/aromatic N) is 1. The zero-order chi connectivity index (χ0) is 13.9. The van der Waals surface area contributed by atoms with Crippen LogP contribution in [0.2, 0.25) is 5.02 Å². The molecule has 104 valence electrons. The molecule has 0 saturated heterocycles. The Kier molecular flexibility index (Phi) is 3.95. The minimum atomic E-state index is 0.847. The van der Waals surface area contributed by atoms with Gasteiger partial charge in [0.25, 0.3) is 0 Å². The summed E-state index contributed by atoms with van der Waals surface area (Å²) < 4.78 is 0. The smallest absolute Gasteiger partial charge is 0.0455 e. The fraction of sp³-hybridized carbons (Fsp3) is 0.294. The Bertz CT molecular complexity index is 610. The third-order valence-electron chi connectivity index (χ3n) is 3.83. The molecule has 1 aliphatic heterocycles. The number of fused-ring (bicyclic) bond motifs is 1. The third kappa shape index (κ3) is 2.67. The molecule has 1 aliphatic rings. The summed E-state index contributed by atoms with van der Waals surface area (Å²) in [5.41, 5.74) is 5.25. The van der Waals surface area contributed by atoms with E-state index in [0.717, 1.165) is 31.2 Å². The van der Waals surface area contributed by atoms with E-state index in [1.807, 2.05) is 12.1 Å². The van der Waals surface area contributed by atoms with Gasteiger partial charge in [0.2, 0.25) is 0 Å². The van der Waals surface area contributed by atoms with Crippen molar-refractivity contribution in [3.8, 4) is 0 Å². The second-order valence-corrected chi connectivity index (χ2v) is 5.68. The number of aryl methyl sites for hydroxylation is 1. The lowest BCUT2D eigenvalue weighted by Crippen LogP contribution is -2.28. The largest absolute Gasteiger partial charge is 0.365 e. The standard InChI is InChI=1S/C17H19ClN2/c1-13-5-4-7-14-11-19-9-10-20(17(13)14)12-15-6-2-3-8-16(15)18/h2-8,19H,9-12H2,1H3. The summed E-state index contributed by atoms with van der Waals surface area (Å²) in [7, 11) is 0. The van der Waals surface area contributed by atoms with Crippen LogP contribution in [0.25, 0.3) is 0 Å². The van der Waals surface area contributed by atoms with E-state index >= 15 is 0 Å². The van der Waals surface area contributed by atoms with Crippen molar-refractivity contribution >= 4 is 17.3 Å². The molecule has 0 aromatic heterocycles. The minimum absolute atomic E-state index is 0.847. The number of benzene rings is 2. The van der Waals surface area contributed by atoms with E-state index in [2.05, 4.69) is 47.5 Å². The second-order valence-electron chi connectivity index (χ2n) is 5.27. The molecule has 1 heterocycles. The Morgan fingerprint density at radius 2 is 2.00 bits per heavy atom. The molecule has 0 radical (unpaired) electrons. The van der Waals surface area contributed by atoms with Crippen LogP contribution in [0.5, 0.6) is 0 Å². The number of para-hydroxylation sites is 1. The molecule has 0 saturated carbocycles. The van der Waals surface area contributed by atoms with Gasteiger partial charge in [-0.3, -0.25) is 0 Å². The van der Waals surface area contributed by atoms with Crippen LogP contribution in [0.1, 0.15) is 16.7 Å². The number of halogens is 1. The predicted molar refractivity (Wildman–Crippen MR) is 85.4 cm³/mol. The van der Waals surface area contributed by atoms with Gasteiger partial charge in [-0.15, -0.1) is 0 Å². The molecule has 0 atom stereocenters. The van der Waals surface area contributed by atoms with E-state index in [4.69, 9.17) is 11.6 Å². The number of rotatable bonds is 2. The molecule has 0 bridgehead atoms. The Balaban J connectivity index is 1.96. The van der Waals surface area contributed by atoms with Gasteiger partial charge in [-0.05, 0) is 29.7 Å². The molecular weight excluding hydrogens is 268 g/mol. The summed E-state index contributed by atoms with van der Waals surface area (Å²) in [6.07, 6.45) is 0. The highest BCUT2D eigenvalue weighted by atomic mass is 35.5. The molecule has 0 fully saturated rings. The summed E-state index contributed by atoms with van der Waals surface area (Å²) in [5, 5.41) is 4.33. The molecule has 2 aromatic carbocycles. The average Bonchev–Trinajstić information content (AvgIpc) is 2.65. The van der Waals surface area contributed by atoms with E-state index in [9.17, 15) is 0 Å². The topological polar surface area (TPSA) is 15.3 Å². The van der Waals surface area contributed by atoms with Gasteiger partial charge in [-0.25, -0.2) is 0 Å². The summed E-state index contributed by atoms with van der Waals surface area (Å²) in [6.45, 7) is 5.99. The number of anilines is 1. The zero-order valence-corrected chi connectivity index (χ0v) is 12.5. The van der Waals surface area contributed by atoms with Crippen molar-refractivity contribution in [2.45, 2.75) is 20.0 Å². The van der Waals surface area contributed by atoms with Crippen molar-refractivity contribution in [1.29, 1.82) is 0 Å². The van der Waals surface area contributed by atoms with Gasteiger partial charge >= 0.3 is 0 Å². The van der Waals surface area contributed by atoms with Crippen molar-refractivity contribution in [3.63, 3.8) is 0 Å². The highest BCUT2D eigenvalue weighted by Crippen LogP contribution is 2.29. The highest BCUT2D eigenvalue weighted by molar-refractivity contribution is 6.31.